The van der Waals surface area contributed by atoms with E-state index < -0.39 is 0 Å². The molecule has 2 aromatic rings. The van der Waals surface area contributed by atoms with E-state index >= 15 is 0 Å². The second-order valence-corrected chi connectivity index (χ2v) is 8.37. The van der Waals surface area contributed by atoms with Gasteiger partial charge in [-0.3, -0.25) is 9.59 Å². The third-order valence-electron chi connectivity index (χ3n) is 4.41. The lowest BCUT2D eigenvalue weighted by molar-refractivity contribution is -0.119. The largest absolute Gasteiger partial charge is 0.493 e. The zero-order valence-electron chi connectivity index (χ0n) is 16.7. The molecule has 0 radical (unpaired) electrons. The van der Waals surface area contributed by atoms with Crippen LogP contribution >= 0.6 is 11.8 Å². The van der Waals surface area contributed by atoms with E-state index in [2.05, 4.69) is 13.8 Å². The summed E-state index contributed by atoms with van der Waals surface area (Å²) in [7, 11) is 0. The minimum absolute atomic E-state index is 0.249. The Kier molecular flexibility index (Phi) is 6.25. The van der Waals surface area contributed by atoms with E-state index in [1.165, 1.54) is 16.7 Å². The molecule has 0 fully saturated rings. The van der Waals surface area contributed by atoms with Crippen LogP contribution in [0.4, 0.5) is 5.69 Å². The Hall–Kier alpha value is -2.53. The topological polar surface area (TPSA) is 46.6 Å². The highest BCUT2D eigenvalue weighted by Gasteiger charge is 2.40. The second kappa shape index (κ2) is 8.65. The minimum atomic E-state index is -0.272. The average molecular weight is 396 g/mol. The van der Waals surface area contributed by atoms with Gasteiger partial charge in [-0.1, -0.05) is 51.1 Å². The van der Waals surface area contributed by atoms with Crippen LogP contribution in [0, 0.1) is 12.8 Å². The number of hydrogen-bond acceptors (Lipinski definition) is 4. The number of para-hydroxylation sites is 1. The van der Waals surface area contributed by atoms with Crippen LogP contribution in [0.5, 0.6) is 5.75 Å². The van der Waals surface area contributed by atoms with Crippen LogP contribution in [-0.4, -0.2) is 24.2 Å². The quantitative estimate of drug-likeness (QED) is 0.614. The molecule has 28 heavy (non-hydrogen) atoms. The van der Waals surface area contributed by atoms with Gasteiger partial charge in [0.2, 0.25) is 0 Å². The molecule has 1 aliphatic heterocycles. The maximum atomic E-state index is 13.3. The van der Waals surface area contributed by atoms with Gasteiger partial charge in [0, 0.05) is 0 Å². The van der Waals surface area contributed by atoms with Crippen molar-refractivity contribution in [2.75, 3.05) is 17.3 Å². The minimum Gasteiger partial charge on any atom is -0.493 e. The van der Waals surface area contributed by atoms with E-state index in [0.717, 1.165) is 22.6 Å². The van der Waals surface area contributed by atoms with E-state index in [-0.39, 0.29) is 11.8 Å². The van der Waals surface area contributed by atoms with Crippen LogP contribution in [-0.2, 0) is 9.59 Å². The van der Waals surface area contributed by atoms with Gasteiger partial charge in [-0.2, -0.15) is 0 Å². The zero-order chi connectivity index (χ0) is 20.3. The lowest BCUT2D eigenvalue weighted by atomic mass is 10.1. The molecule has 1 aliphatic rings. The molecule has 2 aromatic carbocycles. The third kappa shape index (κ3) is 3.99. The molecular formula is C23H25NO3S. The van der Waals surface area contributed by atoms with Crippen LogP contribution in [0.2, 0.25) is 0 Å². The van der Waals surface area contributed by atoms with Gasteiger partial charge in [0.25, 0.3) is 11.8 Å². The van der Waals surface area contributed by atoms with E-state index in [9.17, 15) is 9.59 Å². The van der Waals surface area contributed by atoms with Crippen LogP contribution < -0.4 is 9.64 Å². The van der Waals surface area contributed by atoms with Gasteiger partial charge in [-0.15, -0.1) is 11.8 Å². The highest BCUT2D eigenvalue weighted by atomic mass is 32.2. The Morgan fingerprint density at radius 3 is 2.29 bits per heavy atom. The Labute approximate surface area is 170 Å². The number of carbonyl (C=O) groups excluding carboxylic acids is 2. The van der Waals surface area contributed by atoms with Crippen LogP contribution in [0.3, 0.4) is 0 Å². The van der Waals surface area contributed by atoms with Crippen molar-refractivity contribution in [3.63, 3.8) is 0 Å². The van der Waals surface area contributed by atoms with Crippen LogP contribution in [0.1, 0.15) is 31.9 Å². The first-order chi connectivity index (χ1) is 13.4. The Balaban J connectivity index is 1.96. The summed E-state index contributed by atoms with van der Waals surface area (Å²) in [5.74, 6) is 1.39. The summed E-state index contributed by atoms with van der Waals surface area (Å²) in [6.45, 7) is 8.71. The summed E-state index contributed by atoms with van der Waals surface area (Å²) in [4.78, 5) is 28.1. The van der Waals surface area contributed by atoms with E-state index in [4.69, 9.17) is 4.74 Å². The fourth-order valence-corrected chi connectivity index (χ4v) is 3.91. The SMILES string of the molecule is CCSC1=C(c2ccc(OCC(C)C)cc2)C(=O)N(c2ccccc2C)C1=O. The number of aryl methyl sites for hydroxylation is 1. The number of benzene rings is 2. The molecule has 0 spiro atoms. The maximum Gasteiger partial charge on any atom is 0.272 e. The number of anilines is 1. The summed E-state index contributed by atoms with van der Waals surface area (Å²) in [5.41, 5.74) is 2.74. The molecule has 5 heteroatoms. The van der Waals surface area contributed by atoms with Gasteiger partial charge >= 0.3 is 0 Å². The summed E-state index contributed by atoms with van der Waals surface area (Å²) in [5, 5.41) is 0. The van der Waals surface area contributed by atoms with Crippen molar-refractivity contribution in [2.24, 2.45) is 5.92 Å². The van der Waals surface area contributed by atoms with Crippen molar-refractivity contribution in [1.29, 1.82) is 0 Å². The molecule has 2 amide bonds. The number of carbonyl (C=O) groups is 2. The van der Waals surface area contributed by atoms with Gasteiger partial charge < -0.3 is 4.74 Å². The predicted octanol–water partition coefficient (Wildman–Crippen LogP) is 5.07. The molecule has 146 valence electrons. The Bertz CT molecular complexity index is 916. The third-order valence-corrected chi connectivity index (χ3v) is 5.37. The average Bonchev–Trinajstić information content (AvgIpc) is 2.91. The second-order valence-electron chi connectivity index (χ2n) is 7.10. The van der Waals surface area contributed by atoms with Gasteiger partial charge in [-0.05, 0) is 47.9 Å². The van der Waals surface area contributed by atoms with Crippen molar-refractivity contribution in [3.05, 3.63) is 64.6 Å². The number of imide groups is 1. The molecule has 4 nitrogen and oxygen atoms in total. The van der Waals surface area contributed by atoms with E-state index in [1.807, 2.05) is 62.4 Å². The molecule has 0 N–H and O–H groups in total. The van der Waals surface area contributed by atoms with Crippen LogP contribution in [0.15, 0.2) is 53.4 Å². The molecule has 0 saturated heterocycles. The molecular weight excluding hydrogens is 370 g/mol. The molecule has 0 saturated carbocycles. The molecule has 0 bridgehead atoms. The first-order valence-corrected chi connectivity index (χ1v) is 10.5. The van der Waals surface area contributed by atoms with Gasteiger partial charge in [0.15, 0.2) is 0 Å². The lowest BCUT2D eigenvalue weighted by Gasteiger charge is -2.17. The number of hydrogen-bond donors (Lipinski definition) is 0. The number of amides is 2. The number of rotatable bonds is 7. The highest BCUT2D eigenvalue weighted by Crippen LogP contribution is 2.39. The fourth-order valence-electron chi connectivity index (χ4n) is 3.06. The lowest BCUT2D eigenvalue weighted by Crippen LogP contribution is -2.31. The zero-order valence-corrected chi connectivity index (χ0v) is 17.5. The summed E-state index contributed by atoms with van der Waals surface area (Å²) < 4.78 is 5.73. The molecule has 3 rings (SSSR count). The summed E-state index contributed by atoms with van der Waals surface area (Å²) in [6, 6.07) is 14.9. The first-order valence-electron chi connectivity index (χ1n) is 9.48. The van der Waals surface area contributed by atoms with E-state index in [0.29, 0.717) is 28.7 Å². The number of nitrogens with zero attached hydrogens (tertiary/aromatic N) is 1. The molecule has 0 atom stereocenters. The normalized spacial score (nSPS) is 14.4. The highest BCUT2D eigenvalue weighted by molar-refractivity contribution is 8.04. The number of thioether (sulfide) groups is 1. The van der Waals surface area contributed by atoms with Gasteiger partial charge in [0.05, 0.1) is 22.8 Å². The van der Waals surface area contributed by atoms with Crippen molar-refractivity contribution >= 4 is 34.8 Å². The molecule has 1 heterocycles. The number of ether oxygens (including phenoxy) is 1. The summed E-state index contributed by atoms with van der Waals surface area (Å²) in [6.07, 6.45) is 0. The molecule has 0 unspecified atom stereocenters. The van der Waals surface area contributed by atoms with Crippen molar-refractivity contribution < 1.29 is 14.3 Å². The standard InChI is InChI=1S/C23H25NO3S/c1-5-28-21-20(17-10-12-18(13-11-17)27-14-15(2)3)22(25)24(23(21)26)19-9-7-6-8-16(19)4/h6-13,15H,5,14H2,1-4H3. The summed E-state index contributed by atoms with van der Waals surface area (Å²) >= 11 is 1.41. The monoisotopic (exact) mass is 395 g/mol. The van der Waals surface area contributed by atoms with Crippen molar-refractivity contribution in [2.45, 2.75) is 27.7 Å². The Morgan fingerprint density at radius 1 is 1.00 bits per heavy atom. The van der Waals surface area contributed by atoms with Gasteiger partial charge in [-0.25, -0.2) is 4.90 Å². The van der Waals surface area contributed by atoms with E-state index in [1.54, 1.807) is 0 Å². The Morgan fingerprint density at radius 2 is 1.68 bits per heavy atom. The van der Waals surface area contributed by atoms with Crippen molar-refractivity contribution in [1.82, 2.24) is 0 Å². The first kappa shape index (κ1) is 20.2. The maximum absolute atomic E-state index is 13.3. The predicted molar refractivity (Wildman–Crippen MR) is 115 cm³/mol. The van der Waals surface area contributed by atoms with Gasteiger partial charge in [0.1, 0.15) is 5.75 Å². The van der Waals surface area contributed by atoms with Crippen molar-refractivity contribution in [3.8, 4) is 5.75 Å². The van der Waals surface area contributed by atoms with Crippen LogP contribution in [0.25, 0.3) is 5.57 Å². The molecule has 0 aliphatic carbocycles. The fraction of sp³-hybridized carbons (Fsp3) is 0.304. The smallest absolute Gasteiger partial charge is 0.272 e. The molecule has 0 aromatic heterocycles.